The molecule has 0 aromatic heterocycles. The minimum Gasteiger partial charge on any atom is -0.329 e. The molecule has 0 saturated heterocycles. The van der Waals surface area contributed by atoms with Gasteiger partial charge in [0.1, 0.15) is 0 Å². The summed E-state index contributed by atoms with van der Waals surface area (Å²) in [6.07, 6.45) is 0. The predicted octanol–water partition coefficient (Wildman–Crippen LogP) is -0.407. The minimum absolute atomic E-state index is 0.148. The maximum atomic E-state index is 11.5. The topological polar surface area (TPSA) is 75.4 Å². The number of nitrogens with one attached hydrogen (secondary N) is 1. The molecule has 0 amide bonds. The van der Waals surface area contributed by atoms with Crippen LogP contribution in [-0.2, 0) is 10.0 Å². The second-order valence-corrected chi connectivity index (χ2v) is 6.24. The smallest absolute Gasteiger partial charge is 0.215 e. The molecule has 0 aliphatic heterocycles. The van der Waals surface area contributed by atoms with E-state index in [0.29, 0.717) is 19.1 Å². The van der Waals surface area contributed by atoms with Crippen molar-refractivity contribution in [1.29, 1.82) is 0 Å². The molecule has 6 heteroatoms. The van der Waals surface area contributed by atoms with Crippen molar-refractivity contribution >= 4 is 10.0 Å². The van der Waals surface area contributed by atoms with Crippen LogP contribution >= 0.6 is 0 Å². The molecule has 0 aliphatic rings. The standard InChI is InChI=1S/C9H23N3O2S/c1-8(2)12(4)6-5-11-15(13,14)9(3)7-10/h8-9,11H,5-7,10H2,1-4H3. The fourth-order valence-corrected chi connectivity index (χ4v) is 1.81. The SMILES string of the molecule is CC(C)N(C)CCNS(=O)(=O)C(C)CN. The molecule has 1 atom stereocenters. The van der Waals surface area contributed by atoms with E-state index in [-0.39, 0.29) is 6.54 Å². The summed E-state index contributed by atoms with van der Waals surface area (Å²) in [6, 6.07) is 0.418. The molecule has 92 valence electrons. The van der Waals surface area contributed by atoms with Gasteiger partial charge in [-0.05, 0) is 27.8 Å². The lowest BCUT2D eigenvalue weighted by atomic mass is 10.3. The van der Waals surface area contributed by atoms with Crippen LogP contribution in [0.25, 0.3) is 0 Å². The lowest BCUT2D eigenvalue weighted by Gasteiger charge is -2.21. The lowest BCUT2D eigenvalue weighted by molar-refractivity contribution is 0.278. The van der Waals surface area contributed by atoms with Gasteiger partial charge in [0.15, 0.2) is 0 Å². The van der Waals surface area contributed by atoms with Crippen molar-refractivity contribution in [1.82, 2.24) is 9.62 Å². The Balaban J connectivity index is 3.96. The van der Waals surface area contributed by atoms with Gasteiger partial charge < -0.3 is 10.6 Å². The molecule has 0 saturated carbocycles. The number of rotatable bonds is 7. The summed E-state index contributed by atoms with van der Waals surface area (Å²) in [5, 5.41) is -0.526. The Hall–Kier alpha value is -0.170. The molecule has 0 fully saturated rings. The first-order valence-corrected chi connectivity index (χ1v) is 6.74. The van der Waals surface area contributed by atoms with Crippen LogP contribution in [0.3, 0.4) is 0 Å². The number of nitrogens with zero attached hydrogens (tertiary/aromatic N) is 1. The van der Waals surface area contributed by atoms with Crippen LogP contribution in [-0.4, -0.2) is 51.3 Å². The van der Waals surface area contributed by atoms with Crippen LogP contribution in [0.4, 0.5) is 0 Å². The van der Waals surface area contributed by atoms with E-state index in [1.165, 1.54) is 0 Å². The van der Waals surface area contributed by atoms with Crippen molar-refractivity contribution in [2.24, 2.45) is 5.73 Å². The van der Waals surface area contributed by atoms with E-state index in [1.807, 2.05) is 7.05 Å². The van der Waals surface area contributed by atoms with Gasteiger partial charge >= 0.3 is 0 Å². The summed E-state index contributed by atoms with van der Waals surface area (Å²) in [4.78, 5) is 2.08. The Morgan fingerprint density at radius 3 is 2.27 bits per heavy atom. The Labute approximate surface area is 93.1 Å². The van der Waals surface area contributed by atoms with E-state index in [0.717, 1.165) is 0 Å². The molecular formula is C9H23N3O2S. The summed E-state index contributed by atoms with van der Waals surface area (Å²) in [7, 11) is -1.27. The molecule has 15 heavy (non-hydrogen) atoms. The zero-order valence-electron chi connectivity index (χ0n) is 10.0. The number of sulfonamides is 1. The number of likely N-dealkylation sites (N-methyl/N-ethyl adjacent to an activating group) is 1. The zero-order valence-corrected chi connectivity index (χ0v) is 10.8. The van der Waals surface area contributed by atoms with Crippen molar-refractivity contribution in [2.45, 2.75) is 32.1 Å². The average Bonchev–Trinajstić information content (AvgIpc) is 2.15. The van der Waals surface area contributed by atoms with Gasteiger partial charge in [0.2, 0.25) is 10.0 Å². The van der Waals surface area contributed by atoms with Crippen molar-refractivity contribution in [3.05, 3.63) is 0 Å². The van der Waals surface area contributed by atoms with Gasteiger partial charge in [0.25, 0.3) is 0 Å². The molecule has 0 aliphatic carbocycles. The fourth-order valence-electron chi connectivity index (χ4n) is 0.891. The van der Waals surface area contributed by atoms with Crippen molar-refractivity contribution < 1.29 is 8.42 Å². The van der Waals surface area contributed by atoms with E-state index in [9.17, 15) is 8.42 Å². The number of hydrogen-bond donors (Lipinski definition) is 2. The van der Waals surface area contributed by atoms with Gasteiger partial charge in [-0.3, -0.25) is 0 Å². The number of nitrogens with two attached hydrogens (primary N) is 1. The van der Waals surface area contributed by atoms with Crippen LogP contribution in [0, 0.1) is 0 Å². The van der Waals surface area contributed by atoms with E-state index in [4.69, 9.17) is 5.73 Å². The molecule has 3 N–H and O–H groups in total. The van der Waals surface area contributed by atoms with E-state index >= 15 is 0 Å². The van der Waals surface area contributed by atoms with E-state index in [2.05, 4.69) is 23.5 Å². The molecule has 0 spiro atoms. The third-order valence-corrected chi connectivity index (χ3v) is 4.37. The third kappa shape index (κ3) is 5.46. The summed E-state index contributed by atoms with van der Waals surface area (Å²) in [5.41, 5.74) is 5.31. The van der Waals surface area contributed by atoms with Gasteiger partial charge in [0, 0.05) is 25.7 Å². The minimum atomic E-state index is -3.23. The van der Waals surface area contributed by atoms with Gasteiger partial charge in [-0.1, -0.05) is 0 Å². The molecule has 0 heterocycles. The van der Waals surface area contributed by atoms with Crippen LogP contribution in [0.2, 0.25) is 0 Å². The van der Waals surface area contributed by atoms with Gasteiger partial charge in [-0.25, -0.2) is 13.1 Å². The summed E-state index contributed by atoms with van der Waals surface area (Å²) in [6.45, 7) is 7.02. The predicted molar refractivity (Wildman–Crippen MR) is 63.2 cm³/mol. The lowest BCUT2D eigenvalue weighted by Crippen LogP contribution is -2.41. The molecule has 0 rings (SSSR count). The molecule has 1 unspecified atom stereocenters. The second kappa shape index (κ2) is 6.42. The first kappa shape index (κ1) is 14.8. The fraction of sp³-hybridized carbons (Fsp3) is 1.00. The largest absolute Gasteiger partial charge is 0.329 e. The Morgan fingerprint density at radius 2 is 1.87 bits per heavy atom. The van der Waals surface area contributed by atoms with Gasteiger partial charge in [0.05, 0.1) is 5.25 Å². The molecule has 0 bridgehead atoms. The van der Waals surface area contributed by atoms with Crippen LogP contribution < -0.4 is 10.5 Å². The Kier molecular flexibility index (Phi) is 6.35. The van der Waals surface area contributed by atoms with Crippen molar-refractivity contribution in [3.8, 4) is 0 Å². The molecule has 0 aromatic rings. The van der Waals surface area contributed by atoms with Crippen LogP contribution in [0.15, 0.2) is 0 Å². The summed E-state index contributed by atoms with van der Waals surface area (Å²) >= 11 is 0. The highest BCUT2D eigenvalue weighted by Gasteiger charge is 2.18. The van der Waals surface area contributed by atoms with Crippen molar-refractivity contribution in [3.63, 3.8) is 0 Å². The molecule has 0 aromatic carbocycles. The van der Waals surface area contributed by atoms with Crippen LogP contribution in [0.1, 0.15) is 20.8 Å². The summed E-state index contributed by atoms with van der Waals surface area (Å²) < 4.78 is 25.6. The average molecular weight is 237 g/mol. The molecular weight excluding hydrogens is 214 g/mol. The van der Waals surface area contributed by atoms with Gasteiger partial charge in [-0.2, -0.15) is 0 Å². The molecule has 0 radical (unpaired) electrons. The second-order valence-electron chi connectivity index (χ2n) is 4.06. The number of hydrogen-bond acceptors (Lipinski definition) is 4. The van der Waals surface area contributed by atoms with Crippen LogP contribution in [0.5, 0.6) is 0 Å². The quantitative estimate of drug-likeness (QED) is 0.631. The van der Waals surface area contributed by atoms with Gasteiger partial charge in [-0.15, -0.1) is 0 Å². The first-order valence-electron chi connectivity index (χ1n) is 5.20. The Morgan fingerprint density at radius 1 is 1.33 bits per heavy atom. The molecule has 5 nitrogen and oxygen atoms in total. The van der Waals surface area contributed by atoms with Crippen molar-refractivity contribution in [2.75, 3.05) is 26.7 Å². The maximum absolute atomic E-state index is 11.5. The zero-order chi connectivity index (χ0) is 12.1. The highest BCUT2D eigenvalue weighted by Crippen LogP contribution is 1.96. The highest BCUT2D eigenvalue weighted by atomic mass is 32.2. The maximum Gasteiger partial charge on any atom is 0.215 e. The van der Waals surface area contributed by atoms with E-state index < -0.39 is 15.3 Å². The monoisotopic (exact) mass is 237 g/mol. The van der Waals surface area contributed by atoms with E-state index in [1.54, 1.807) is 6.92 Å². The normalized spacial score (nSPS) is 14.9. The Bertz CT molecular complexity index is 265. The highest BCUT2D eigenvalue weighted by molar-refractivity contribution is 7.90. The third-order valence-electron chi connectivity index (χ3n) is 2.51. The first-order chi connectivity index (χ1) is 6.81. The summed E-state index contributed by atoms with van der Waals surface area (Å²) in [5.74, 6) is 0.